The maximum atomic E-state index is 13.2. The van der Waals surface area contributed by atoms with Crippen LogP contribution in [0.15, 0.2) is 12.1 Å². The summed E-state index contributed by atoms with van der Waals surface area (Å²) in [5.74, 6) is -1.37. The van der Waals surface area contributed by atoms with Crippen molar-refractivity contribution in [1.29, 1.82) is 5.26 Å². The minimum absolute atomic E-state index is 0.0228. The Labute approximate surface area is 79.8 Å². The number of halogens is 1. The summed E-state index contributed by atoms with van der Waals surface area (Å²) in [5, 5.41) is 8.49. The molecule has 1 aromatic rings. The lowest BCUT2D eigenvalue weighted by atomic mass is 10.0. The Morgan fingerprint density at radius 3 is 2.64 bits per heavy atom. The Kier molecular flexibility index (Phi) is 2.73. The molecule has 0 aromatic heterocycles. The van der Waals surface area contributed by atoms with Crippen LogP contribution < -0.4 is 0 Å². The van der Waals surface area contributed by atoms with Crippen molar-refractivity contribution in [3.63, 3.8) is 0 Å². The molecular weight excluding hydrogens is 185 g/mol. The second-order valence-electron chi connectivity index (χ2n) is 2.71. The lowest BCUT2D eigenvalue weighted by Crippen LogP contribution is -2.03. The molecule has 0 saturated heterocycles. The molecule has 0 saturated carbocycles. The highest BCUT2D eigenvalue weighted by Gasteiger charge is 2.14. The fraction of sp³-hybridized carbons (Fsp3) is 0.100. The summed E-state index contributed by atoms with van der Waals surface area (Å²) in [5.41, 5.74) is -0.331. The predicted octanol–water partition coefficient (Wildman–Crippen LogP) is 1.71. The van der Waals surface area contributed by atoms with Gasteiger partial charge in [0.2, 0.25) is 0 Å². The molecule has 1 rings (SSSR count). The Morgan fingerprint density at radius 2 is 2.21 bits per heavy atom. The summed E-state index contributed by atoms with van der Waals surface area (Å²) >= 11 is 0. The molecule has 4 heteroatoms. The Morgan fingerprint density at radius 1 is 1.57 bits per heavy atom. The number of hydrogen-bond acceptors (Lipinski definition) is 3. The van der Waals surface area contributed by atoms with E-state index in [1.165, 1.54) is 6.07 Å². The molecule has 0 spiro atoms. The van der Waals surface area contributed by atoms with E-state index in [1.54, 1.807) is 6.07 Å². The van der Waals surface area contributed by atoms with E-state index in [4.69, 9.17) is 5.26 Å². The molecule has 0 aliphatic carbocycles. The van der Waals surface area contributed by atoms with Crippen LogP contribution >= 0.6 is 0 Å². The van der Waals surface area contributed by atoms with Gasteiger partial charge in [0.25, 0.3) is 0 Å². The van der Waals surface area contributed by atoms with E-state index in [1.807, 2.05) is 0 Å². The van der Waals surface area contributed by atoms with E-state index in [0.717, 1.165) is 13.0 Å². The number of carbonyl (C=O) groups is 2. The molecule has 0 atom stereocenters. The van der Waals surface area contributed by atoms with Gasteiger partial charge in [-0.2, -0.15) is 5.26 Å². The van der Waals surface area contributed by atoms with Gasteiger partial charge in [0, 0.05) is 5.56 Å². The van der Waals surface area contributed by atoms with Crippen LogP contribution in [0.5, 0.6) is 0 Å². The predicted molar refractivity (Wildman–Crippen MR) is 46.5 cm³/mol. The summed E-state index contributed by atoms with van der Waals surface area (Å²) < 4.78 is 13.2. The van der Waals surface area contributed by atoms with Crippen LogP contribution in [0.25, 0.3) is 0 Å². The molecule has 14 heavy (non-hydrogen) atoms. The highest BCUT2D eigenvalue weighted by Crippen LogP contribution is 2.15. The number of carbonyl (C=O) groups excluding carboxylic acids is 2. The zero-order valence-corrected chi connectivity index (χ0v) is 7.37. The van der Waals surface area contributed by atoms with E-state index in [9.17, 15) is 14.0 Å². The van der Waals surface area contributed by atoms with Crippen LogP contribution in [-0.4, -0.2) is 12.1 Å². The van der Waals surface area contributed by atoms with E-state index in [0.29, 0.717) is 6.29 Å². The molecule has 1 aromatic carbocycles. The van der Waals surface area contributed by atoms with Crippen molar-refractivity contribution in [3.05, 3.63) is 34.6 Å². The number of nitriles is 1. The normalized spacial score (nSPS) is 9.21. The van der Waals surface area contributed by atoms with E-state index >= 15 is 0 Å². The van der Waals surface area contributed by atoms with Gasteiger partial charge in [-0.25, -0.2) is 4.39 Å². The van der Waals surface area contributed by atoms with Gasteiger partial charge >= 0.3 is 0 Å². The minimum atomic E-state index is -0.835. The standard InChI is InChI=1S/C10H6FNO2/c1-6(14)10-8(5-13)2-7(4-12)3-9(10)11/h2-3,5H,1H3. The van der Waals surface area contributed by atoms with Gasteiger partial charge in [-0.15, -0.1) is 0 Å². The van der Waals surface area contributed by atoms with Gasteiger partial charge < -0.3 is 0 Å². The van der Waals surface area contributed by atoms with Crippen molar-refractivity contribution in [2.24, 2.45) is 0 Å². The van der Waals surface area contributed by atoms with Crippen molar-refractivity contribution in [2.75, 3.05) is 0 Å². The largest absolute Gasteiger partial charge is 0.298 e. The van der Waals surface area contributed by atoms with Crippen molar-refractivity contribution in [3.8, 4) is 6.07 Å². The molecule has 0 heterocycles. The second kappa shape index (κ2) is 3.79. The van der Waals surface area contributed by atoms with Gasteiger partial charge in [-0.05, 0) is 19.1 Å². The molecule has 0 amide bonds. The number of Topliss-reactive ketones (excluding diaryl/α,β-unsaturated/α-hetero) is 1. The Bertz CT molecular complexity index is 446. The van der Waals surface area contributed by atoms with E-state index in [2.05, 4.69) is 0 Å². The van der Waals surface area contributed by atoms with Gasteiger partial charge in [-0.3, -0.25) is 9.59 Å². The second-order valence-corrected chi connectivity index (χ2v) is 2.71. The summed E-state index contributed by atoms with van der Waals surface area (Å²) in [6.45, 7) is 1.16. The molecular formula is C10H6FNO2. The Balaban J connectivity index is 3.52. The third kappa shape index (κ3) is 1.67. The summed E-state index contributed by atoms with van der Waals surface area (Å²) in [7, 11) is 0. The molecule has 0 N–H and O–H groups in total. The van der Waals surface area contributed by atoms with Crippen molar-refractivity contribution in [2.45, 2.75) is 6.92 Å². The van der Waals surface area contributed by atoms with Gasteiger partial charge in [0.05, 0.1) is 17.2 Å². The molecule has 0 bridgehead atoms. The lowest BCUT2D eigenvalue weighted by Gasteiger charge is -2.02. The fourth-order valence-electron chi connectivity index (χ4n) is 1.16. The van der Waals surface area contributed by atoms with Crippen molar-refractivity contribution < 1.29 is 14.0 Å². The van der Waals surface area contributed by atoms with Crippen LogP contribution in [0.2, 0.25) is 0 Å². The summed E-state index contributed by atoms with van der Waals surface area (Å²) in [6, 6.07) is 3.82. The first-order valence-electron chi connectivity index (χ1n) is 3.80. The van der Waals surface area contributed by atoms with Crippen molar-refractivity contribution in [1.82, 2.24) is 0 Å². The first kappa shape index (κ1) is 10.1. The molecule has 3 nitrogen and oxygen atoms in total. The lowest BCUT2D eigenvalue weighted by molar-refractivity contribution is 0.100. The molecule has 0 fully saturated rings. The fourth-order valence-corrected chi connectivity index (χ4v) is 1.16. The number of hydrogen-bond donors (Lipinski definition) is 0. The SMILES string of the molecule is CC(=O)c1c(F)cc(C#N)cc1C=O. The first-order valence-corrected chi connectivity index (χ1v) is 3.80. The van der Waals surface area contributed by atoms with Gasteiger partial charge in [0.1, 0.15) is 5.82 Å². The zero-order chi connectivity index (χ0) is 10.7. The van der Waals surface area contributed by atoms with E-state index in [-0.39, 0.29) is 16.7 Å². The van der Waals surface area contributed by atoms with Crippen LogP contribution in [0.3, 0.4) is 0 Å². The maximum absolute atomic E-state index is 13.2. The summed E-state index contributed by atoms with van der Waals surface area (Å²) in [6.07, 6.45) is 0.362. The number of benzene rings is 1. The number of nitrogens with zero attached hydrogens (tertiary/aromatic N) is 1. The van der Waals surface area contributed by atoms with Gasteiger partial charge in [-0.1, -0.05) is 0 Å². The van der Waals surface area contributed by atoms with Crippen LogP contribution in [0.1, 0.15) is 33.2 Å². The number of aldehydes is 1. The Hall–Kier alpha value is -2.02. The zero-order valence-electron chi connectivity index (χ0n) is 7.37. The van der Waals surface area contributed by atoms with Crippen LogP contribution in [-0.2, 0) is 0 Å². The number of ketones is 1. The summed E-state index contributed by atoms with van der Waals surface area (Å²) in [4.78, 5) is 21.5. The molecule has 0 unspecified atom stereocenters. The molecule has 0 aliphatic rings. The smallest absolute Gasteiger partial charge is 0.163 e. The quantitative estimate of drug-likeness (QED) is 0.528. The third-order valence-electron chi connectivity index (χ3n) is 1.73. The molecule has 0 aliphatic heterocycles. The molecule has 0 radical (unpaired) electrons. The number of rotatable bonds is 2. The van der Waals surface area contributed by atoms with Crippen LogP contribution in [0, 0.1) is 17.1 Å². The average Bonchev–Trinajstić information content (AvgIpc) is 2.15. The topological polar surface area (TPSA) is 57.9 Å². The average molecular weight is 191 g/mol. The van der Waals surface area contributed by atoms with Crippen LogP contribution in [0.4, 0.5) is 4.39 Å². The monoisotopic (exact) mass is 191 g/mol. The highest BCUT2D eigenvalue weighted by molar-refractivity contribution is 6.01. The van der Waals surface area contributed by atoms with Crippen molar-refractivity contribution >= 4 is 12.1 Å². The molecule has 70 valence electrons. The third-order valence-corrected chi connectivity index (χ3v) is 1.73. The minimum Gasteiger partial charge on any atom is -0.298 e. The van der Waals surface area contributed by atoms with Gasteiger partial charge in [0.15, 0.2) is 12.1 Å². The first-order chi connectivity index (χ1) is 6.60. The maximum Gasteiger partial charge on any atom is 0.163 e. The highest BCUT2D eigenvalue weighted by atomic mass is 19.1. The van der Waals surface area contributed by atoms with E-state index < -0.39 is 11.6 Å².